The maximum absolute atomic E-state index is 4.27. The van der Waals surface area contributed by atoms with Crippen molar-refractivity contribution in [2.45, 2.75) is 32.4 Å². The average Bonchev–Trinajstić information content (AvgIpc) is 3.06. The maximum Gasteiger partial charge on any atom is 0.151 e. The molecule has 4 heteroatoms. The molecule has 0 saturated heterocycles. The monoisotopic (exact) mass is 206 g/mol. The molecule has 82 valence electrons. The second kappa shape index (κ2) is 4.57. The van der Waals surface area contributed by atoms with Crippen LogP contribution in [0, 0.1) is 0 Å². The lowest BCUT2D eigenvalue weighted by Crippen LogP contribution is -2.26. The third-order valence-corrected chi connectivity index (χ3v) is 2.69. The van der Waals surface area contributed by atoms with Crippen molar-refractivity contribution in [3.05, 3.63) is 17.8 Å². The zero-order chi connectivity index (χ0) is 10.7. The third kappa shape index (κ3) is 2.45. The number of rotatable bonds is 5. The van der Waals surface area contributed by atoms with Gasteiger partial charge in [0.05, 0.1) is 5.69 Å². The lowest BCUT2D eigenvalue weighted by Gasteiger charge is -2.20. The smallest absolute Gasteiger partial charge is 0.151 e. The minimum absolute atomic E-state index is 0.708. The van der Waals surface area contributed by atoms with Gasteiger partial charge in [-0.2, -0.15) is 5.10 Å². The summed E-state index contributed by atoms with van der Waals surface area (Å²) in [6.07, 6.45) is 2.60. The van der Waals surface area contributed by atoms with Crippen molar-refractivity contribution in [3.63, 3.8) is 0 Å². The van der Waals surface area contributed by atoms with Crippen LogP contribution < -0.4 is 10.2 Å². The predicted octanol–water partition coefficient (Wildman–Crippen LogP) is 1.18. The van der Waals surface area contributed by atoms with Crippen LogP contribution in [-0.2, 0) is 6.54 Å². The molecule has 0 radical (unpaired) electrons. The Morgan fingerprint density at radius 2 is 2.20 bits per heavy atom. The van der Waals surface area contributed by atoms with Crippen LogP contribution in [0.15, 0.2) is 12.1 Å². The Hall–Kier alpha value is -1.16. The standard InChI is InChI=1S/C11H18N4/c1-3-15(10-5-6-10)11-7-4-9(8-12-2)13-14-11/h4,7,10,12H,3,5-6,8H2,1-2H3. The molecule has 4 nitrogen and oxygen atoms in total. The molecule has 1 aliphatic rings. The topological polar surface area (TPSA) is 41.0 Å². The van der Waals surface area contributed by atoms with Gasteiger partial charge in [-0.05, 0) is 38.9 Å². The van der Waals surface area contributed by atoms with Crippen LogP contribution in [-0.4, -0.2) is 29.8 Å². The van der Waals surface area contributed by atoms with E-state index in [1.165, 1.54) is 12.8 Å². The second-order valence-electron chi connectivity index (χ2n) is 3.93. The Morgan fingerprint density at radius 1 is 1.40 bits per heavy atom. The second-order valence-corrected chi connectivity index (χ2v) is 3.93. The summed E-state index contributed by atoms with van der Waals surface area (Å²) >= 11 is 0. The molecule has 15 heavy (non-hydrogen) atoms. The largest absolute Gasteiger partial charge is 0.352 e. The van der Waals surface area contributed by atoms with Crippen molar-refractivity contribution in [1.82, 2.24) is 15.5 Å². The van der Waals surface area contributed by atoms with E-state index < -0.39 is 0 Å². The van der Waals surface area contributed by atoms with E-state index in [1.807, 2.05) is 13.1 Å². The van der Waals surface area contributed by atoms with Gasteiger partial charge in [-0.25, -0.2) is 0 Å². The van der Waals surface area contributed by atoms with Crippen molar-refractivity contribution in [2.75, 3.05) is 18.5 Å². The summed E-state index contributed by atoms with van der Waals surface area (Å²) in [6, 6.07) is 4.82. The highest BCUT2D eigenvalue weighted by Crippen LogP contribution is 2.29. The van der Waals surface area contributed by atoms with Gasteiger partial charge in [0.25, 0.3) is 0 Å². The number of nitrogens with zero attached hydrogens (tertiary/aromatic N) is 3. The van der Waals surface area contributed by atoms with Gasteiger partial charge in [-0.3, -0.25) is 0 Å². The molecule has 1 aromatic rings. The minimum atomic E-state index is 0.708. The van der Waals surface area contributed by atoms with Crippen LogP contribution in [0.3, 0.4) is 0 Å². The predicted molar refractivity (Wildman–Crippen MR) is 60.8 cm³/mol. The molecular formula is C11H18N4. The van der Waals surface area contributed by atoms with Crippen LogP contribution in [0.4, 0.5) is 5.82 Å². The fourth-order valence-electron chi connectivity index (χ4n) is 1.77. The highest BCUT2D eigenvalue weighted by atomic mass is 15.3. The summed E-state index contributed by atoms with van der Waals surface area (Å²) in [5.74, 6) is 1.01. The normalized spacial score (nSPS) is 15.3. The highest BCUT2D eigenvalue weighted by molar-refractivity contribution is 5.40. The molecule has 0 spiro atoms. The van der Waals surface area contributed by atoms with E-state index in [9.17, 15) is 0 Å². The molecule has 1 aromatic heterocycles. The molecule has 0 unspecified atom stereocenters. The van der Waals surface area contributed by atoms with Crippen LogP contribution >= 0.6 is 0 Å². The quantitative estimate of drug-likeness (QED) is 0.785. The van der Waals surface area contributed by atoms with Crippen LogP contribution in [0.25, 0.3) is 0 Å². The summed E-state index contributed by atoms with van der Waals surface area (Å²) in [6.45, 7) is 3.97. The number of anilines is 1. The molecule has 0 aliphatic heterocycles. The highest BCUT2D eigenvalue weighted by Gasteiger charge is 2.28. The first kappa shape index (κ1) is 10.4. The molecule has 0 atom stereocenters. The SMILES string of the molecule is CCN(c1ccc(CNC)nn1)C1CC1. The Bertz CT molecular complexity index is 305. The minimum Gasteiger partial charge on any atom is -0.352 e. The summed E-state index contributed by atoms with van der Waals surface area (Å²) in [5.41, 5.74) is 0.994. The van der Waals surface area contributed by atoms with Gasteiger partial charge in [-0.15, -0.1) is 5.10 Å². The first-order valence-corrected chi connectivity index (χ1v) is 5.59. The van der Waals surface area contributed by atoms with E-state index in [-0.39, 0.29) is 0 Å². The van der Waals surface area contributed by atoms with Crippen LogP contribution in [0.1, 0.15) is 25.5 Å². The Labute approximate surface area is 90.7 Å². The molecule has 2 rings (SSSR count). The van der Waals surface area contributed by atoms with Gasteiger partial charge in [0.1, 0.15) is 0 Å². The van der Waals surface area contributed by atoms with Gasteiger partial charge in [0.15, 0.2) is 5.82 Å². The first-order chi connectivity index (χ1) is 7.35. The lowest BCUT2D eigenvalue weighted by molar-refractivity contribution is 0.745. The van der Waals surface area contributed by atoms with E-state index in [2.05, 4.69) is 33.4 Å². The van der Waals surface area contributed by atoms with E-state index in [4.69, 9.17) is 0 Å². The zero-order valence-electron chi connectivity index (χ0n) is 9.40. The van der Waals surface area contributed by atoms with Crippen LogP contribution in [0.5, 0.6) is 0 Å². The molecule has 1 fully saturated rings. The average molecular weight is 206 g/mol. The molecular weight excluding hydrogens is 188 g/mol. The van der Waals surface area contributed by atoms with Crippen molar-refractivity contribution in [3.8, 4) is 0 Å². The Balaban J connectivity index is 2.07. The third-order valence-electron chi connectivity index (χ3n) is 2.69. The molecule has 1 saturated carbocycles. The fraction of sp³-hybridized carbons (Fsp3) is 0.636. The van der Waals surface area contributed by atoms with Gasteiger partial charge in [0, 0.05) is 19.1 Å². The van der Waals surface area contributed by atoms with Crippen molar-refractivity contribution in [1.29, 1.82) is 0 Å². The van der Waals surface area contributed by atoms with Crippen molar-refractivity contribution in [2.24, 2.45) is 0 Å². The Kier molecular flexibility index (Phi) is 3.16. The molecule has 0 amide bonds. The number of nitrogens with one attached hydrogen (secondary N) is 1. The van der Waals surface area contributed by atoms with E-state index in [0.29, 0.717) is 6.04 Å². The van der Waals surface area contributed by atoms with E-state index in [1.54, 1.807) is 0 Å². The molecule has 1 N–H and O–H groups in total. The summed E-state index contributed by atoms with van der Waals surface area (Å²) in [5, 5.41) is 11.5. The summed E-state index contributed by atoms with van der Waals surface area (Å²) < 4.78 is 0. The number of hydrogen-bond donors (Lipinski definition) is 1. The number of aromatic nitrogens is 2. The van der Waals surface area contributed by atoms with Gasteiger partial charge in [0.2, 0.25) is 0 Å². The number of hydrogen-bond acceptors (Lipinski definition) is 4. The fourth-order valence-corrected chi connectivity index (χ4v) is 1.77. The molecule has 0 bridgehead atoms. The molecule has 1 heterocycles. The maximum atomic E-state index is 4.27. The van der Waals surface area contributed by atoms with Crippen molar-refractivity contribution >= 4 is 5.82 Å². The molecule has 0 aromatic carbocycles. The van der Waals surface area contributed by atoms with Crippen LogP contribution in [0.2, 0.25) is 0 Å². The summed E-state index contributed by atoms with van der Waals surface area (Å²) in [7, 11) is 1.91. The van der Waals surface area contributed by atoms with Gasteiger partial charge >= 0.3 is 0 Å². The molecule has 1 aliphatic carbocycles. The van der Waals surface area contributed by atoms with E-state index >= 15 is 0 Å². The first-order valence-electron chi connectivity index (χ1n) is 5.59. The Morgan fingerprint density at radius 3 is 2.67 bits per heavy atom. The van der Waals surface area contributed by atoms with Gasteiger partial charge < -0.3 is 10.2 Å². The van der Waals surface area contributed by atoms with E-state index in [0.717, 1.165) is 24.6 Å². The zero-order valence-corrected chi connectivity index (χ0v) is 9.40. The summed E-state index contributed by atoms with van der Waals surface area (Å²) in [4.78, 5) is 2.33. The lowest BCUT2D eigenvalue weighted by atomic mass is 10.3. The van der Waals surface area contributed by atoms with Crippen molar-refractivity contribution < 1.29 is 0 Å². The van der Waals surface area contributed by atoms with Gasteiger partial charge in [-0.1, -0.05) is 0 Å².